The Morgan fingerprint density at radius 2 is 1.15 bits per heavy atom. The fraction of sp³-hybridized carbons (Fsp3) is 0.909. The maximum Gasteiger partial charge on any atom is 0.306 e. The Morgan fingerprint density at radius 1 is 0.704 bits per heavy atom. The van der Waals surface area contributed by atoms with Gasteiger partial charge < -0.3 is 15.3 Å². The predicted octanol–water partition coefficient (Wildman–Crippen LogP) is 5.54. The van der Waals surface area contributed by atoms with Gasteiger partial charge in [0.2, 0.25) is 0 Å². The van der Waals surface area contributed by atoms with Gasteiger partial charge >= 0.3 is 11.9 Å². The van der Waals surface area contributed by atoms with Crippen molar-refractivity contribution in [2.24, 2.45) is 5.92 Å². The summed E-state index contributed by atoms with van der Waals surface area (Å²) >= 11 is 0. The largest absolute Gasteiger partial charge is 0.481 e. The molecule has 5 nitrogen and oxygen atoms in total. The molecule has 3 N–H and O–H groups in total. The van der Waals surface area contributed by atoms with Gasteiger partial charge in [-0.25, -0.2) is 0 Å². The molecular weight excluding hydrogens is 344 g/mol. The van der Waals surface area contributed by atoms with Crippen LogP contribution in [0, 0.1) is 5.92 Å². The van der Waals surface area contributed by atoms with Gasteiger partial charge in [-0.15, -0.1) is 0 Å². The lowest BCUT2D eigenvalue weighted by Gasteiger charge is -2.24. The molecule has 1 fully saturated rings. The van der Waals surface area contributed by atoms with Gasteiger partial charge in [0.1, 0.15) is 0 Å². The molecule has 0 spiro atoms. The van der Waals surface area contributed by atoms with E-state index in [9.17, 15) is 14.7 Å². The number of aliphatic carboxylic acids is 2. The van der Waals surface area contributed by atoms with E-state index in [1.54, 1.807) is 0 Å². The minimum atomic E-state index is -1.62. The molecule has 0 atom stereocenters. The Kier molecular flexibility index (Phi) is 12.4. The number of hydrogen-bond donors (Lipinski definition) is 3. The fourth-order valence-corrected chi connectivity index (χ4v) is 4.40. The molecule has 0 aromatic carbocycles. The van der Waals surface area contributed by atoms with E-state index in [1.807, 2.05) is 0 Å². The van der Waals surface area contributed by atoms with Gasteiger partial charge in [0.15, 0.2) is 0 Å². The van der Waals surface area contributed by atoms with Gasteiger partial charge in [0.05, 0.1) is 18.4 Å². The van der Waals surface area contributed by atoms with E-state index in [1.165, 1.54) is 77.0 Å². The van der Waals surface area contributed by atoms with Crippen LogP contribution in [0.3, 0.4) is 0 Å². The molecule has 27 heavy (non-hydrogen) atoms. The van der Waals surface area contributed by atoms with Crippen LogP contribution < -0.4 is 0 Å². The highest BCUT2D eigenvalue weighted by molar-refractivity contribution is 5.72. The highest BCUT2D eigenvalue weighted by atomic mass is 16.4. The molecule has 0 aromatic rings. The van der Waals surface area contributed by atoms with Crippen LogP contribution in [0.2, 0.25) is 0 Å². The zero-order chi connectivity index (χ0) is 20.0. The Bertz CT molecular complexity index is 399. The molecule has 1 rings (SSSR count). The van der Waals surface area contributed by atoms with Crippen LogP contribution in [0.1, 0.15) is 116 Å². The normalized spacial score (nSPS) is 15.7. The van der Waals surface area contributed by atoms with Gasteiger partial charge in [0.25, 0.3) is 0 Å². The van der Waals surface area contributed by atoms with Crippen LogP contribution in [-0.4, -0.2) is 32.9 Å². The van der Waals surface area contributed by atoms with Gasteiger partial charge in [-0.05, 0) is 12.3 Å². The summed E-state index contributed by atoms with van der Waals surface area (Å²) in [6, 6.07) is 0. The maximum atomic E-state index is 10.8. The van der Waals surface area contributed by atoms with Crippen LogP contribution in [-0.2, 0) is 9.59 Å². The average molecular weight is 385 g/mol. The van der Waals surface area contributed by atoms with Crippen LogP contribution in [0.25, 0.3) is 0 Å². The third kappa shape index (κ3) is 12.8. The Morgan fingerprint density at radius 3 is 1.63 bits per heavy atom. The molecule has 0 aliphatic heterocycles. The van der Waals surface area contributed by atoms with Crippen molar-refractivity contribution in [1.29, 1.82) is 0 Å². The monoisotopic (exact) mass is 384 g/mol. The summed E-state index contributed by atoms with van der Waals surface area (Å²) in [5.41, 5.74) is -1.62. The number of carboxylic acids is 2. The van der Waals surface area contributed by atoms with E-state index in [2.05, 4.69) is 0 Å². The zero-order valence-electron chi connectivity index (χ0n) is 17.0. The van der Waals surface area contributed by atoms with E-state index in [4.69, 9.17) is 10.2 Å². The molecule has 0 unspecified atom stereocenters. The minimum Gasteiger partial charge on any atom is -0.481 e. The van der Waals surface area contributed by atoms with Crippen molar-refractivity contribution < 1.29 is 24.9 Å². The molecule has 0 aromatic heterocycles. The van der Waals surface area contributed by atoms with E-state index >= 15 is 0 Å². The first-order chi connectivity index (χ1) is 12.9. The number of carbonyl (C=O) groups is 2. The zero-order valence-corrected chi connectivity index (χ0v) is 17.0. The smallest absolute Gasteiger partial charge is 0.306 e. The third-order valence-corrected chi connectivity index (χ3v) is 5.94. The second-order valence-electron chi connectivity index (χ2n) is 8.59. The highest BCUT2D eigenvalue weighted by Crippen LogP contribution is 2.28. The Balaban J connectivity index is 1.95. The van der Waals surface area contributed by atoms with E-state index in [0.29, 0.717) is 6.42 Å². The third-order valence-electron chi connectivity index (χ3n) is 5.94. The number of carboxylic acid groups (broad SMARTS) is 2. The number of aliphatic hydroxyl groups is 1. The first-order valence-corrected chi connectivity index (χ1v) is 11.1. The van der Waals surface area contributed by atoms with Gasteiger partial charge in [-0.2, -0.15) is 0 Å². The Labute approximate surface area is 164 Å². The maximum absolute atomic E-state index is 10.8. The van der Waals surface area contributed by atoms with Crippen molar-refractivity contribution in [3.05, 3.63) is 0 Å². The number of rotatable bonds is 16. The average Bonchev–Trinajstić information content (AvgIpc) is 2.59. The molecular formula is C22H40O5. The topological polar surface area (TPSA) is 94.8 Å². The predicted molar refractivity (Wildman–Crippen MR) is 107 cm³/mol. The quantitative estimate of drug-likeness (QED) is 0.304. The van der Waals surface area contributed by atoms with E-state index in [-0.39, 0.29) is 6.42 Å². The molecule has 0 bridgehead atoms. The molecule has 1 aliphatic carbocycles. The molecule has 1 saturated carbocycles. The fourth-order valence-electron chi connectivity index (χ4n) is 4.40. The van der Waals surface area contributed by atoms with Crippen molar-refractivity contribution in [3.8, 4) is 0 Å². The van der Waals surface area contributed by atoms with Crippen LogP contribution in [0.15, 0.2) is 0 Å². The standard InChI is InChI=1S/C22H40O5/c23-20(24)17-22(27,18-21(25)26)16-12-7-5-3-1-2-4-6-9-13-19-14-10-8-11-15-19/h19,27H,1-18H2,(H,23,24)(H,25,26). The molecule has 0 heterocycles. The lowest BCUT2D eigenvalue weighted by molar-refractivity contribution is -0.149. The summed E-state index contributed by atoms with van der Waals surface area (Å²) in [5.74, 6) is -1.30. The van der Waals surface area contributed by atoms with Crippen molar-refractivity contribution in [3.63, 3.8) is 0 Å². The summed E-state index contributed by atoms with van der Waals surface area (Å²) in [5, 5.41) is 27.9. The van der Waals surface area contributed by atoms with E-state index < -0.39 is 30.4 Å². The summed E-state index contributed by atoms with van der Waals surface area (Å²) < 4.78 is 0. The first-order valence-electron chi connectivity index (χ1n) is 11.1. The van der Waals surface area contributed by atoms with Gasteiger partial charge in [0, 0.05) is 0 Å². The SMILES string of the molecule is O=C(O)CC(O)(CCCCCCCCCCCC1CCCCC1)CC(=O)O. The van der Waals surface area contributed by atoms with Crippen LogP contribution in [0.5, 0.6) is 0 Å². The summed E-state index contributed by atoms with van der Waals surface area (Å²) in [7, 11) is 0. The Hall–Kier alpha value is -1.10. The molecule has 0 amide bonds. The number of hydrogen-bond acceptors (Lipinski definition) is 3. The molecule has 0 radical (unpaired) electrons. The van der Waals surface area contributed by atoms with Crippen molar-refractivity contribution in [2.45, 2.75) is 121 Å². The van der Waals surface area contributed by atoms with Crippen molar-refractivity contribution >= 4 is 11.9 Å². The molecule has 158 valence electrons. The van der Waals surface area contributed by atoms with Crippen molar-refractivity contribution in [1.82, 2.24) is 0 Å². The highest BCUT2D eigenvalue weighted by Gasteiger charge is 2.32. The second kappa shape index (κ2) is 14.0. The summed E-state index contributed by atoms with van der Waals surface area (Å²) in [6.07, 6.45) is 18.3. The lowest BCUT2D eigenvalue weighted by Crippen LogP contribution is -2.34. The van der Waals surface area contributed by atoms with Crippen LogP contribution >= 0.6 is 0 Å². The van der Waals surface area contributed by atoms with E-state index in [0.717, 1.165) is 18.8 Å². The summed E-state index contributed by atoms with van der Waals surface area (Å²) in [6.45, 7) is 0. The van der Waals surface area contributed by atoms with Crippen LogP contribution in [0.4, 0.5) is 0 Å². The molecule has 5 heteroatoms. The van der Waals surface area contributed by atoms with Gasteiger partial charge in [-0.3, -0.25) is 9.59 Å². The summed E-state index contributed by atoms with van der Waals surface area (Å²) in [4.78, 5) is 21.6. The van der Waals surface area contributed by atoms with Crippen molar-refractivity contribution in [2.75, 3.05) is 0 Å². The second-order valence-corrected chi connectivity index (χ2v) is 8.59. The van der Waals surface area contributed by atoms with Gasteiger partial charge in [-0.1, -0.05) is 96.3 Å². The molecule has 1 aliphatic rings. The minimum absolute atomic E-state index is 0.243. The number of unbranched alkanes of at least 4 members (excludes halogenated alkanes) is 8. The first kappa shape index (κ1) is 23.9. The molecule has 0 saturated heterocycles. The lowest BCUT2D eigenvalue weighted by atomic mass is 9.85.